The lowest BCUT2D eigenvalue weighted by molar-refractivity contribution is -0.143. The average Bonchev–Trinajstić information content (AvgIpc) is 2.79. The van der Waals surface area contributed by atoms with E-state index in [4.69, 9.17) is 0 Å². The van der Waals surface area contributed by atoms with Crippen LogP contribution in [0.4, 0.5) is 0 Å². The van der Waals surface area contributed by atoms with Crippen molar-refractivity contribution in [3.05, 3.63) is 12.2 Å². The maximum Gasteiger partial charge on any atom is 0.328 e. The Morgan fingerprint density at radius 2 is 2.24 bits per heavy atom. The summed E-state index contributed by atoms with van der Waals surface area (Å²) in [7, 11) is 1.29. The van der Waals surface area contributed by atoms with Gasteiger partial charge in [0.1, 0.15) is 12.4 Å². The fourth-order valence-corrected chi connectivity index (χ4v) is 1.37. The van der Waals surface area contributed by atoms with Crippen LogP contribution in [0.1, 0.15) is 30.9 Å². The van der Waals surface area contributed by atoms with Crippen LogP contribution in [0.15, 0.2) is 6.33 Å². The number of nitrogens with one attached hydrogen (secondary N) is 2. The lowest BCUT2D eigenvalue weighted by Crippen LogP contribution is -2.42. The standard InChI is InChI=1S/C10H16N4O3/c1-6(2)4-7(10(16)17-3)13-9(15)8-11-5-12-14-8/h5-7H,4H2,1-3H3,(H,13,15)(H,11,12,14). The van der Waals surface area contributed by atoms with Crippen molar-refractivity contribution in [2.75, 3.05) is 7.11 Å². The maximum absolute atomic E-state index is 11.7. The molecule has 0 bridgehead atoms. The number of aromatic amines is 1. The molecule has 2 N–H and O–H groups in total. The number of methoxy groups -OCH3 is 1. The second-order valence-electron chi connectivity index (χ2n) is 4.01. The highest BCUT2D eigenvalue weighted by Crippen LogP contribution is 2.06. The first-order chi connectivity index (χ1) is 8.04. The zero-order valence-electron chi connectivity index (χ0n) is 10.1. The molecule has 0 aliphatic rings. The summed E-state index contributed by atoms with van der Waals surface area (Å²) >= 11 is 0. The summed E-state index contributed by atoms with van der Waals surface area (Å²) in [6.45, 7) is 3.91. The Balaban J connectivity index is 2.66. The molecule has 0 aromatic carbocycles. The first-order valence-electron chi connectivity index (χ1n) is 5.28. The van der Waals surface area contributed by atoms with Gasteiger partial charge in [-0.15, -0.1) is 0 Å². The molecule has 1 rings (SSSR count). The van der Waals surface area contributed by atoms with Crippen LogP contribution < -0.4 is 5.32 Å². The highest BCUT2D eigenvalue weighted by atomic mass is 16.5. The summed E-state index contributed by atoms with van der Waals surface area (Å²) in [6.07, 6.45) is 1.73. The van der Waals surface area contributed by atoms with Crippen LogP contribution in [0.25, 0.3) is 0 Å². The lowest BCUT2D eigenvalue weighted by atomic mass is 10.0. The van der Waals surface area contributed by atoms with Crippen LogP contribution in [0.3, 0.4) is 0 Å². The molecular formula is C10H16N4O3. The first kappa shape index (κ1) is 13.1. The number of rotatable bonds is 5. The van der Waals surface area contributed by atoms with Crippen molar-refractivity contribution in [2.24, 2.45) is 5.92 Å². The Bertz CT molecular complexity index is 375. The van der Waals surface area contributed by atoms with Crippen LogP contribution in [0, 0.1) is 5.92 Å². The molecule has 1 aromatic rings. The average molecular weight is 240 g/mol. The summed E-state index contributed by atoms with van der Waals surface area (Å²) < 4.78 is 4.63. The molecule has 0 aliphatic carbocycles. The van der Waals surface area contributed by atoms with Gasteiger partial charge in [-0.25, -0.2) is 9.78 Å². The van der Waals surface area contributed by atoms with Gasteiger partial charge in [0, 0.05) is 0 Å². The number of aromatic nitrogens is 3. The highest BCUT2D eigenvalue weighted by molar-refractivity contribution is 5.93. The van der Waals surface area contributed by atoms with E-state index in [9.17, 15) is 9.59 Å². The molecule has 1 heterocycles. The summed E-state index contributed by atoms with van der Waals surface area (Å²) in [4.78, 5) is 26.8. The Morgan fingerprint density at radius 3 is 2.71 bits per heavy atom. The van der Waals surface area contributed by atoms with E-state index in [-0.39, 0.29) is 11.7 Å². The highest BCUT2D eigenvalue weighted by Gasteiger charge is 2.23. The van der Waals surface area contributed by atoms with Gasteiger partial charge in [0.2, 0.25) is 5.82 Å². The third-order valence-electron chi connectivity index (χ3n) is 2.13. The van der Waals surface area contributed by atoms with Crippen LogP contribution in [0.5, 0.6) is 0 Å². The summed E-state index contributed by atoms with van der Waals surface area (Å²) in [6, 6.07) is -0.669. The number of H-pyrrole nitrogens is 1. The van der Waals surface area contributed by atoms with E-state index in [1.807, 2.05) is 13.8 Å². The summed E-state index contributed by atoms with van der Waals surface area (Å²) in [5.74, 6) is -0.609. The van der Waals surface area contributed by atoms with Crippen molar-refractivity contribution in [3.63, 3.8) is 0 Å². The Hall–Kier alpha value is -1.92. The number of amides is 1. The van der Waals surface area contributed by atoms with E-state index in [0.717, 1.165) is 0 Å². The van der Waals surface area contributed by atoms with Gasteiger partial charge in [-0.1, -0.05) is 13.8 Å². The van der Waals surface area contributed by atoms with E-state index in [2.05, 4.69) is 25.2 Å². The molecule has 0 saturated heterocycles. The van der Waals surface area contributed by atoms with E-state index >= 15 is 0 Å². The van der Waals surface area contributed by atoms with Gasteiger partial charge in [-0.3, -0.25) is 9.89 Å². The molecule has 1 aromatic heterocycles. The van der Waals surface area contributed by atoms with Crippen molar-refractivity contribution in [1.82, 2.24) is 20.5 Å². The predicted octanol–water partition coefficient (Wildman–Crippen LogP) is 0.122. The molecule has 94 valence electrons. The number of hydrogen-bond donors (Lipinski definition) is 2. The largest absolute Gasteiger partial charge is 0.467 e. The van der Waals surface area contributed by atoms with E-state index < -0.39 is 17.9 Å². The molecule has 1 unspecified atom stereocenters. The molecule has 7 nitrogen and oxygen atoms in total. The molecule has 1 atom stereocenters. The Kier molecular flexibility index (Phi) is 4.62. The van der Waals surface area contributed by atoms with Crippen molar-refractivity contribution in [2.45, 2.75) is 26.3 Å². The zero-order chi connectivity index (χ0) is 12.8. The molecule has 7 heteroatoms. The molecule has 17 heavy (non-hydrogen) atoms. The lowest BCUT2D eigenvalue weighted by Gasteiger charge is -2.17. The number of hydrogen-bond acceptors (Lipinski definition) is 5. The molecule has 0 fully saturated rings. The third-order valence-corrected chi connectivity index (χ3v) is 2.13. The summed E-state index contributed by atoms with van der Waals surface area (Å²) in [5, 5.41) is 8.54. The van der Waals surface area contributed by atoms with Crippen molar-refractivity contribution in [1.29, 1.82) is 0 Å². The van der Waals surface area contributed by atoms with Gasteiger partial charge in [-0.2, -0.15) is 5.10 Å². The molecule has 0 aliphatic heterocycles. The van der Waals surface area contributed by atoms with Crippen molar-refractivity contribution in [3.8, 4) is 0 Å². The molecule has 1 amide bonds. The minimum absolute atomic E-state index is 0.0719. The second-order valence-corrected chi connectivity index (χ2v) is 4.01. The van der Waals surface area contributed by atoms with E-state index in [0.29, 0.717) is 6.42 Å². The molecule has 0 spiro atoms. The fourth-order valence-electron chi connectivity index (χ4n) is 1.37. The van der Waals surface area contributed by atoms with Gasteiger partial charge in [0.05, 0.1) is 7.11 Å². The van der Waals surface area contributed by atoms with E-state index in [1.54, 1.807) is 0 Å². The van der Waals surface area contributed by atoms with Gasteiger partial charge < -0.3 is 10.1 Å². The number of ether oxygens (including phenoxy) is 1. The van der Waals surface area contributed by atoms with Crippen molar-refractivity contribution >= 4 is 11.9 Å². The minimum Gasteiger partial charge on any atom is -0.467 e. The normalized spacial score (nSPS) is 12.2. The van der Waals surface area contributed by atoms with Gasteiger partial charge >= 0.3 is 5.97 Å². The number of nitrogens with zero attached hydrogens (tertiary/aromatic N) is 2. The zero-order valence-corrected chi connectivity index (χ0v) is 10.1. The van der Waals surface area contributed by atoms with Crippen molar-refractivity contribution < 1.29 is 14.3 Å². The molecule has 0 saturated carbocycles. The van der Waals surface area contributed by atoms with Gasteiger partial charge in [0.25, 0.3) is 5.91 Å². The fraction of sp³-hybridized carbons (Fsp3) is 0.600. The van der Waals surface area contributed by atoms with Crippen LogP contribution >= 0.6 is 0 Å². The van der Waals surface area contributed by atoms with Gasteiger partial charge in [0.15, 0.2) is 0 Å². The minimum atomic E-state index is -0.669. The molecular weight excluding hydrogens is 224 g/mol. The topological polar surface area (TPSA) is 97.0 Å². The SMILES string of the molecule is COC(=O)C(CC(C)C)NC(=O)c1ncn[nH]1. The van der Waals surface area contributed by atoms with Crippen LogP contribution in [-0.4, -0.2) is 40.2 Å². The summed E-state index contributed by atoms with van der Waals surface area (Å²) in [5.41, 5.74) is 0. The van der Waals surface area contributed by atoms with Crippen LogP contribution in [0.2, 0.25) is 0 Å². The van der Waals surface area contributed by atoms with Crippen LogP contribution in [-0.2, 0) is 9.53 Å². The Morgan fingerprint density at radius 1 is 1.53 bits per heavy atom. The smallest absolute Gasteiger partial charge is 0.328 e. The van der Waals surface area contributed by atoms with E-state index in [1.165, 1.54) is 13.4 Å². The number of carbonyl (C=O) groups excluding carboxylic acids is 2. The maximum atomic E-state index is 11.7. The Labute approximate surface area is 99.0 Å². The van der Waals surface area contributed by atoms with Gasteiger partial charge in [-0.05, 0) is 12.3 Å². The third kappa shape index (κ3) is 3.86. The second kappa shape index (κ2) is 5.97. The number of carbonyl (C=O) groups is 2. The molecule has 0 radical (unpaired) electrons. The monoisotopic (exact) mass is 240 g/mol. The predicted molar refractivity (Wildman–Crippen MR) is 59.1 cm³/mol. The quantitative estimate of drug-likeness (QED) is 0.712. The first-order valence-corrected chi connectivity index (χ1v) is 5.28. The number of esters is 1.